The van der Waals surface area contributed by atoms with E-state index < -0.39 is 0 Å². The van der Waals surface area contributed by atoms with Gasteiger partial charge in [-0.25, -0.2) is 9.78 Å². The van der Waals surface area contributed by atoms with Crippen molar-refractivity contribution in [2.45, 2.75) is 26.3 Å². The summed E-state index contributed by atoms with van der Waals surface area (Å²) in [5.41, 5.74) is 6.06. The number of anilines is 2. The average molecular weight is 480 g/mol. The summed E-state index contributed by atoms with van der Waals surface area (Å²) in [4.78, 5) is 20.9. The van der Waals surface area contributed by atoms with Gasteiger partial charge in [-0.05, 0) is 53.4 Å². The van der Waals surface area contributed by atoms with Crippen LogP contribution >= 0.6 is 0 Å². The Labute approximate surface area is 208 Å². The topological polar surface area (TPSA) is 108 Å². The summed E-state index contributed by atoms with van der Waals surface area (Å²) < 4.78 is 6.60. The molecule has 0 aliphatic carbocycles. The molecule has 0 unspecified atom stereocenters. The maximum absolute atomic E-state index is 11.6. The lowest BCUT2D eigenvalue weighted by molar-refractivity contribution is 0.0600. The van der Waals surface area contributed by atoms with E-state index in [1.807, 2.05) is 53.5 Å². The van der Waals surface area contributed by atoms with Crippen LogP contribution in [-0.4, -0.2) is 43.0 Å². The number of hydrogen-bond donors (Lipinski definition) is 1. The van der Waals surface area contributed by atoms with Crippen molar-refractivity contribution < 1.29 is 9.53 Å². The lowest BCUT2D eigenvalue weighted by Gasteiger charge is -2.09. The number of aromatic nitrogens is 6. The third-order valence-corrected chi connectivity index (χ3v) is 5.82. The quantitative estimate of drug-likeness (QED) is 0.326. The molecule has 0 atom stereocenters. The van der Waals surface area contributed by atoms with Crippen LogP contribution in [0.25, 0.3) is 22.2 Å². The molecule has 0 bridgehead atoms. The number of fused-ring (bicyclic) bond motifs is 1. The van der Waals surface area contributed by atoms with Gasteiger partial charge in [0.25, 0.3) is 0 Å². The van der Waals surface area contributed by atoms with Crippen molar-refractivity contribution in [3.05, 3.63) is 90.0 Å². The van der Waals surface area contributed by atoms with Crippen LogP contribution in [0.1, 0.15) is 41.3 Å². The first-order chi connectivity index (χ1) is 17.5. The van der Waals surface area contributed by atoms with Gasteiger partial charge >= 0.3 is 5.97 Å². The second kappa shape index (κ2) is 9.91. The molecule has 0 spiro atoms. The van der Waals surface area contributed by atoms with Gasteiger partial charge in [0.15, 0.2) is 5.82 Å². The summed E-state index contributed by atoms with van der Waals surface area (Å²) in [5.74, 6) is 1.33. The molecule has 0 fully saturated rings. The number of carbonyl (C=O) groups is 1. The van der Waals surface area contributed by atoms with Gasteiger partial charge in [0.2, 0.25) is 0 Å². The lowest BCUT2D eigenvalue weighted by atomic mass is 10.1. The normalized spacial score (nSPS) is 11.1. The fourth-order valence-electron chi connectivity index (χ4n) is 3.77. The van der Waals surface area contributed by atoms with Crippen molar-refractivity contribution >= 4 is 28.6 Å². The predicted molar refractivity (Wildman–Crippen MR) is 137 cm³/mol. The Bertz CT molecular complexity index is 1530. The SMILES string of the molecule is COC(=O)c1ccc(Cn2cc(-c3cnc4ccc(Nc5cc(C(C)C)cnn5)nc4c3)cn2)cc1. The third-order valence-electron chi connectivity index (χ3n) is 5.82. The van der Waals surface area contributed by atoms with Crippen LogP contribution in [0.4, 0.5) is 11.6 Å². The Morgan fingerprint density at radius 1 is 0.972 bits per heavy atom. The number of benzene rings is 1. The molecule has 4 heterocycles. The molecule has 0 saturated heterocycles. The maximum Gasteiger partial charge on any atom is 0.337 e. The summed E-state index contributed by atoms with van der Waals surface area (Å²) in [6.45, 7) is 4.81. The summed E-state index contributed by atoms with van der Waals surface area (Å²) in [6.07, 6.45) is 7.37. The molecule has 36 heavy (non-hydrogen) atoms. The van der Waals surface area contributed by atoms with Crippen LogP contribution in [0.2, 0.25) is 0 Å². The minimum atomic E-state index is -0.351. The molecule has 180 valence electrons. The Morgan fingerprint density at radius 2 is 1.81 bits per heavy atom. The van der Waals surface area contributed by atoms with Crippen LogP contribution in [0.3, 0.4) is 0 Å². The number of esters is 1. The number of rotatable bonds is 7. The van der Waals surface area contributed by atoms with E-state index in [4.69, 9.17) is 9.72 Å². The molecule has 0 radical (unpaired) electrons. The van der Waals surface area contributed by atoms with E-state index in [0.29, 0.717) is 29.7 Å². The van der Waals surface area contributed by atoms with Gasteiger partial charge in [-0.3, -0.25) is 9.67 Å². The van der Waals surface area contributed by atoms with Gasteiger partial charge in [0.05, 0.1) is 42.6 Å². The Morgan fingerprint density at radius 3 is 2.58 bits per heavy atom. The van der Waals surface area contributed by atoms with Crippen LogP contribution in [-0.2, 0) is 11.3 Å². The van der Waals surface area contributed by atoms with Crippen molar-refractivity contribution in [1.82, 2.24) is 29.9 Å². The maximum atomic E-state index is 11.6. The molecule has 4 aromatic heterocycles. The van der Waals surface area contributed by atoms with Gasteiger partial charge in [0, 0.05) is 23.5 Å². The van der Waals surface area contributed by atoms with E-state index in [1.54, 1.807) is 24.5 Å². The molecule has 0 amide bonds. The molecule has 1 N–H and O–H groups in total. The number of carbonyl (C=O) groups excluding carboxylic acids is 1. The zero-order valence-corrected chi connectivity index (χ0v) is 20.2. The summed E-state index contributed by atoms with van der Waals surface area (Å²) in [5, 5.41) is 16.0. The first-order valence-electron chi connectivity index (χ1n) is 11.5. The lowest BCUT2D eigenvalue weighted by Crippen LogP contribution is -2.03. The number of nitrogens with zero attached hydrogens (tertiary/aromatic N) is 6. The van der Waals surface area contributed by atoms with E-state index >= 15 is 0 Å². The molecular weight excluding hydrogens is 454 g/mol. The van der Waals surface area contributed by atoms with Crippen molar-refractivity contribution in [2.24, 2.45) is 0 Å². The average Bonchev–Trinajstić information content (AvgIpc) is 3.37. The largest absolute Gasteiger partial charge is 0.465 e. The third kappa shape index (κ3) is 5.05. The Hall–Kier alpha value is -4.66. The summed E-state index contributed by atoms with van der Waals surface area (Å²) in [7, 11) is 1.37. The number of nitrogens with one attached hydrogen (secondary N) is 1. The van der Waals surface area contributed by atoms with Crippen LogP contribution in [0.5, 0.6) is 0 Å². The van der Waals surface area contributed by atoms with E-state index in [0.717, 1.165) is 33.3 Å². The molecule has 0 aliphatic rings. The van der Waals surface area contributed by atoms with E-state index in [9.17, 15) is 4.79 Å². The Kier molecular flexibility index (Phi) is 6.36. The fourth-order valence-corrected chi connectivity index (χ4v) is 3.77. The van der Waals surface area contributed by atoms with Crippen LogP contribution in [0, 0.1) is 0 Å². The van der Waals surface area contributed by atoms with Gasteiger partial charge < -0.3 is 10.1 Å². The standard InChI is InChI=1S/C27H25N7O2/c1-17(2)20-11-26(33-29-13-20)32-25-9-8-23-24(31-25)10-21(12-28-23)22-14-30-34(16-22)15-18-4-6-19(7-5-18)27(35)36-3/h4-14,16-17H,15H2,1-3H3,(H,31,32,33). The van der Waals surface area contributed by atoms with Gasteiger partial charge in [-0.15, -0.1) is 5.10 Å². The molecule has 5 rings (SSSR count). The zero-order valence-electron chi connectivity index (χ0n) is 20.2. The van der Waals surface area contributed by atoms with Crippen molar-refractivity contribution in [3.8, 4) is 11.1 Å². The minimum Gasteiger partial charge on any atom is -0.465 e. The monoisotopic (exact) mass is 479 g/mol. The molecule has 9 nitrogen and oxygen atoms in total. The molecular formula is C27H25N7O2. The first kappa shape index (κ1) is 23.1. The van der Waals surface area contributed by atoms with E-state index in [1.165, 1.54) is 7.11 Å². The smallest absolute Gasteiger partial charge is 0.337 e. The van der Waals surface area contributed by atoms with Crippen LogP contribution < -0.4 is 5.32 Å². The minimum absolute atomic E-state index is 0.351. The second-order valence-electron chi connectivity index (χ2n) is 8.73. The molecule has 0 saturated carbocycles. The van der Waals surface area contributed by atoms with E-state index in [2.05, 4.69) is 39.4 Å². The van der Waals surface area contributed by atoms with Gasteiger partial charge in [-0.2, -0.15) is 10.2 Å². The number of hydrogen-bond acceptors (Lipinski definition) is 8. The highest BCUT2D eigenvalue weighted by Gasteiger charge is 2.09. The summed E-state index contributed by atoms with van der Waals surface area (Å²) >= 11 is 0. The molecule has 9 heteroatoms. The number of ether oxygens (including phenoxy) is 1. The summed E-state index contributed by atoms with van der Waals surface area (Å²) in [6, 6.07) is 15.1. The fraction of sp³-hybridized carbons (Fsp3) is 0.185. The van der Waals surface area contributed by atoms with Crippen molar-refractivity contribution in [3.63, 3.8) is 0 Å². The highest BCUT2D eigenvalue weighted by molar-refractivity contribution is 5.89. The highest BCUT2D eigenvalue weighted by Crippen LogP contribution is 2.24. The van der Waals surface area contributed by atoms with E-state index in [-0.39, 0.29) is 5.97 Å². The Balaban J connectivity index is 1.34. The predicted octanol–water partition coefficient (Wildman–Crippen LogP) is 4.99. The number of pyridine rings is 2. The molecule has 0 aliphatic heterocycles. The van der Waals surface area contributed by atoms with Crippen molar-refractivity contribution in [1.29, 1.82) is 0 Å². The van der Waals surface area contributed by atoms with Crippen molar-refractivity contribution in [2.75, 3.05) is 12.4 Å². The van der Waals surface area contributed by atoms with Crippen LogP contribution in [0.15, 0.2) is 73.3 Å². The molecule has 5 aromatic rings. The number of methoxy groups -OCH3 is 1. The van der Waals surface area contributed by atoms with Gasteiger partial charge in [-0.1, -0.05) is 26.0 Å². The zero-order chi connectivity index (χ0) is 25.1. The first-order valence-corrected chi connectivity index (χ1v) is 11.5. The second-order valence-corrected chi connectivity index (χ2v) is 8.73. The highest BCUT2D eigenvalue weighted by atomic mass is 16.5. The molecule has 1 aromatic carbocycles. The van der Waals surface area contributed by atoms with Gasteiger partial charge in [0.1, 0.15) is 5.82 Å².